The fraction of sp³-hybridized carbons (Fsp3) is 0.0800. The number of benzene rings is 3. The number of nitrogens with zero attached hydrogens (tertiary/aromatic N) is 2. The van der Waals surface area contributed by atoms with Gasteiger partial charge in [-0.05, 0) is 54.4 Å². The van der Waals surface area contributed by atoms with Crippen molar-refractivity contribution in [1.82, 2.24) is 10.4 Å². The smallest absolute Gasteiger partial charge is 0.272 e. The van der Waals surface area contributed by atoms with Gasteiger partial charge in [0.25, 0.3) is 5.91 Å². The van der Waals surface area contributed by atoms with Crippen LogP contribution in [0.25, 0.3) is 10.9 Å². The van der Waals surface area contributed by atoms with E-state index in [1.807, 2.05) is 85.8 Å². The lowest BCUT2D eigenvalue weighted by molar-refractivity contribution is 0.0956. The van der Waals surface area contributed by atoms with Gasteiger partial charge in [0.05, 0.1) is 17.3 Å². The number of amides is 1. The van der Waals surface area contributed by atoms with E-state index in [1.54, 1.807) is 12.3 Å². The number of ether oxygens (including phenoxy) is 1. The number of rotatable bonds is 6. The lowest BCUT2D eigenvalue weighted by atomic mass is 10.1. The van der Waals surface area contributed by atoms with Crippen LogP contribution in [-0.4, -0.2) is 17.1 Å². The van der Waals surface area contributed by atoms with Gasteiger partial charge in [0, 0.05) is 11.1 Å². The van der Waals surface area contributed by atoms with E-state index in [1.165, 1.54) is 0 Å². The molecule has 4 aromatic rings. The van der Waals surface area contributed by atoms with Crippen LogP contribution in [-0.2, 0) is 6.61 Å². The monoisotopic (exact) mass is 395 g/mol. The molecule has 1 aromatic heterocycles. The molecule has 0 aliphatic rings. The molecule has 0 radical (unpaired) electrons. The first kappa shape index (κ1) is 19.3. The Bertz CT molecular complexity index is 1190. The molecule has 0 fully saturated rings. The largest absolute Gasteiger partial charge is 0.489 e. The van der Waals surface area contributed by atoms with E-state index in [0.29, 0.717) is 12.2 Å². The third-order valence-corrected chi connectivity index (χ3v) is 4.60. The summed E-state index contributed by atoms with van der Waals surface area (Å²) in [4.78, 5) is 17.1. The Labute approximate surface area is 175 Å². The molecule has 1 amide bonds. The van der Waals surface area contributed by atoms with Crippen molar-refractivity contribution in [2.45, 2.75) is 13.5 Å². The van der Waals surface area contributed by atoms with Gasteiger partial charge in [-0.1, -0.05) is 48.5 Å². The van der Waals surface area contributed by atoms with Gasteiger partial charge >= 0.3 is 0 Å². The molecule has 1 heterocycles. The third kappa shape index (κ3) is 4.70. The number of hydrazone groups is 1. The van der Waals surface area contributed by atoms with E-state index in [0.717, 1.165) is 33.5 Å². The van der Waals surface area contributed by atoms with Crippen LogP contribution in [0, 0.1) is 6.92 Å². The van der Waals surface area contributed by atoms with Crippen molar-refractivity contribution in [3.05, 3.63) is 107 Å². The molecule has 0 spiro atoms. The van der Waals surface area contributed by atoms with Crippen molar-refractivity contribution in [3.63, 3.8) is 0 Å². The minimum Gasteiger partial charge on any atom is -0.489 e. The Hall–Kier alpha value is -3.99. The van der Waals surface area contributed by atoms with Gasteiger partial charge in [0.2, 0.25) is 0 Å². The van der Waals surface area contributed by atoms with Crippen LogP contribution in [0.4, 0.5) is 0 Å². The molecule has 0 unspecified atom stereocenters. The molecule has 1 N–H and O–H groups in total. The zero-order valence-electron chi connectivity index (χ0n) is 16.6. The van der Waals surface area contributed by atoms with Gasteiger partial charge in [-0.15, -0.1) is 0 Å². The number of pyridine rings is 1. The normalized spacial score (nSPS) is 11.0. The van der Waals surface area contributed by atoms with Crippen molar-refractivity contribution in [3.8, 4) is 5.75 Å². The molecular weight excluding hydrogens is 374 g/mol. The van der Waals surface area contributed by atoms with Crippen LogP contribution in [0.2, 0.25) is 0 Å². The molecule has 5 nitrogen and oxygen atoms in total. The Morgan fingerprint density at radius 3 is 2.53 bits per heavy atom. The molecule has 3 aromatic carbocycles. The van der Waals surface area contributed by atoms with E-state index in [4.69, 9.17) is 4.74 Å². The first-order chi connectivity index (χ1) is 14.7. The van der Waals surface area contributed by atoms with E-state index < -0.39 is 0 Å². The van der Waals surface area contributed by atoms with Crippen molar-refractivity contribution in [2.24, 2.45) is 5.10 Å². The number of hydrogen-bond acceptors (Lipinski definition) is 4. The SMILES string of the molecule is Cc1cc(C(=O)NN=Cc2ccc(OCc3ccccc3)cc2)c2ccccc2n1. The van der Waals surface area contributed by atoms with Crippen molar-refractivity contribution in [1.29, 1.82) is 0 Å². The number of carbonyl (C=O) groups is 1. The van der Waals surface area contributed by atoms with Crippen molar-refractivity contribution < 1.29 is 9.53 Å². The number of nitrogens with one attached hydrogen (secondary N) is 1. The van der Waals surface area contributed by atoms with E-state index in [-0.39, 0.29) is 5.91 Å². The van der Waals surface area contributed by atoms with Gasteiger partial charge in [0.15, 0.2) is 0 Å². The molecule has 4 rings (SSSR count). The van der Waals surface area contributed by atoms with Gasteiger partial charge in [0.1, 0.15) is 12.4 Å². The summed E-state index contributed by atoms with van der Waals surface area (Å²) >= 11 is 0. The summed E-state index contributed by atoms with van der Waals surface area (Å²) in [6, 6.07) is 26.9. The summed E-state index contributed by atoms with van der Waals surface area (Å²) in [5, 5.41) is 4.89. The van der Waals surface area contributed by atoms with Crippen LogP contribution in [0.1, 0.15) is 27.2 Å². The average molecular weight is 395 g/mol. The zero-order chi connectivity index (χ0) is 20.8. The molecule has 0 saturated heterocycles. The summed E-state index contributed by atoms with van der Waals surface area (Å²) in [7, 11) is 0. The maximum atomic E-state index is 12.6. The predicted molar refractivity (Wildman–Crippen MR) is 119 cm³/mol. The Morgan fingerprint density at radius 2 is 1.73 bits per heavy atom. The zero-order valence-corrected chi connectivity index (χ0v) is 16.6. The molecule has 30 heavy (non-hydrogen) atoms. The lowest BCUT2D eigenvalue weighted by Crippen LogP contribution is -2.18. The van der Waals surface area contributed by atoms with E-state index >= 15 is 0 Å². The van der Waals surface area contributed by atoms with Gasteiger partial charge in [-0.2, -0.15) is 5.10 Å². The summed E-state index contributed by atoms with van der Waals surface area (Å²) in [5.41, 5.74) is 6.71. The van der Waals surface area contributed by atoms with Gasteiger partial charge in [-0.25, -0.2) is 5.43 Å². The van der Waals surface area contributed by atoms with Gasteiger partial charge < -0.3 is 4.74 Å². The van der Waals surface area contributed by atoms with E-state index in [2.05, 4.69) is 15.5 Å². The maximum Gasteiger partial charge on any atom is 0.272 e. The molecule has 5 heteroatoms. The van der Waals surface area contributed by atoms with Crippen LogP contribution in [0.15, 0.2) is 90.0 Å². The van der Waals surface area contributed by atoms with Gasteiger partial charge in [-0.3, -0.25) is 9.78 Å². The molecule has 0 bridgehead atoms. The second-order valence-corrected chi connectivity index (χ2v) is 6.87. The second-order valence-electron chi connectivity index (χ2n) is 6.87. The van der Waals surface area contributed by atoms with Crippen molar-refractivity contribution in [2.75, 3.05) is 0 Å². The number of aryl methyl sites for hydroxylation is 1. The number of hydrogen-bond donors (Lipinski definition) is 1. The Balaban J connectivity index is 1.38. The summed E-state index contributed by atoms with van der Waals surface area (Å²) in [5.74, 6) is 0.509. The number of fused-ring (bicyclic) bond motifs is 1. The minimum atomic E-state index is -0.268. The molecule has 0 saturated carbocycles. The number of aromatic nitrogens is 1. The highest BCUT2D eigenvalue weighted by molar-refractivity contribution is 6.06. The second kappa shape index (κ2) is 9.01. The molecule has 148 valence electrons. The van der Waals surface area contributed by atoms with E-state index in [9.17, 15) is 4.79 Å². The van der Waals surface area contributed by atoms with Crippen LogP contribution >= 0.6 is 0 Å². The molecular formula is C25H21N3O2. The third-order valence-electron chi connectivity index (χ3n) is 4.60. The van der Waals surface area contributed by atoms with Crippen LogP contribution < -0.4 is 10.2 Å². The highest BCUT2D eigenvalue weighted by Gasteiger charge is 2.10. The summed E-state index contributed by atoms with van der Waals surface area (Å²) in [6.45, 7) is 2.39. The predicted octanol–water partition coefficient (Wildman–Crippen LogP) is 4.89. The highest BCUT2D eigenvalue weighted by atomic mass is 16.5. The maximum absolute atomic E-state index is 12.6. The molecule has 0 atom stereocenters. The first-order valence-electron chi connectivity index (χ1n) is 9.65. The summed E-state index contributed by atoms with van der Waals surface area (Å²) in [6.07, 6.45) is 1.61. The summed E-state index contributed by atoms with van der Waals surface area (Å²) < 4.78 is 5.78. The first-order valence-corrected chi connectivity index (χ1v) is 9.65. The Kier molecular flexibility index (Phi) is 5.80. The van der Waals surface area contributed by atoms with Crippen LogP contribution in [0.3, 0.4) is 0 Å². The topological polar surface area (TPSA) is 63.6 Å². The Morgan fingerprint density at radius 1 is 1.00 bits per heavy atom. The average Bonchev–Trinajstić information content (AvgIpc) is 2.78. The van der Waals surface area contributed by atoms with Crippen LogP contribution in [0.5, 0.6) is 5.75 Å². The molecule has 0 aliphatic carbocycles. The fourth-order valence-corrected chi connectivity index (χ4v) is 3.11. The number of carbonyl (C=O) groups excluding carboxylic acids is 1. The standard InChI is InChI=1S/C25H21N3O2/c1-18-15-23(22-9-5-6-10-24(22)27-18)25(29)28-26-16-19-11-13-21(14-12-19)30-17-20-7-3-2-4-8-20/h2-16H,17H2,1H3,(H,28,29). The number of para-hydroxylation sites is 1. The minimum absolute atomic E-state index is 0.268. The van der Waals surface area contributed by atoms with Crippen molar-refractivity contribution >= 4 is 23.0 Å². The quantitative estimate of drug-likeness (QED) is 0.374. The fourth-order valence-electron chi connectivity index (χ4n) is 3.11. The lowest BCUT2D eigenvalue weighted by Gasteiger charge is -2.07. The highest BCUT2D eigenvalue weighted by Crippen LogP contribution is 2.18. The molecule has 0 aliphatic heterocycles.